The first kappa shape index (κ1) is 12.0. The van der Waals surface area contributed by atoms with Crippen LogP contribution in [0.15, 0.2) is 47.4 Å². The molecule has 0 bridgehead atoms. The van der Waals surface area contributed by atoms with E-state index in [0.29, 0.717) is 23.3 Å². The molecule has 21 heavy (non-hydrogen) atoms. The monoisotopic (exact) mass is 279 g/mol. The Morgan fingerprint density at radius 3 is 3.10 bits per heavy atom. The van der Waals surface area contributed by atoms with E-state index in [-0.39, 0.29) is 0 Å². The summed E-state index contributed by atoms with van der Waals surface area (Å²) in [6.07, 6.45) is 3.86. The van der Waals surface area contributed by atoms with Gasteiger partial charge in [-0.3, -0.25) is 0 Å². The van der Waals surface area contributed by atoms with Crippen molar-refractivity contribution in [1.29, 1.82) is 0 Å². The first-order chi connectivity index (χ1) is 10.4. The molecule has 1 aliphatic rings. The first-order valence-corrected chi connectivity index (χ1v) is 6.82. The zero-order valence-corrected chi connectivity index (χ0v) is 11.2. The Hall–Kier alpha value is -2.76. The lowest BCUT2D eigenvalue weighted by Crippen LogP contribution is -2.05. The predicted octanol–water partition coefficient (Wildman–Crippen LogP) is 2.28. The highest BCUT2D eigenvalue weighted by Gasteiger charge is 2.24. The summed E-state index contributed by atoms with van der Waals surface area (Å²) in [7, 11) is 0. The summed E-state index contributed by atoms with van der Waals surface area (Å²) >= 11 is 0. The van der Waals surface area contributed by atoms with E-state index >= 15 is 0 Å². The van der Waals surface area contributed by atoms with E-state index in [0.717, 1.165) is 13.0 Å². The van der Waals surface area contributed by atoms with Crippen molar-refractivity contribution in [2.24, 2.45) is 0 Å². The molecule has 0 spiro atoms. The van der Waals surface area contributed by atoms with Crippen LogP contribution in [0.25, 0.3) is 11.5 Å². The number of hydrogen-bond donors (Lipinski definition) is 1. The van der Waals surface area contributed by atoms with Gasteiger partial charge in [0.1, 0.15) is 12.0 Å². The smallest absolute Gasteiger partial charge is 0.227 e. The van der Waals surface area contributed by atoms with Crippen molar-refractivity contribution in [1.82, 2.24) is 20.1 Å². The summed E-state index contributed by atoms with van der Waals surface area (Å²) in [5.74, 6) is 1.50. The van der Waals surface area contributed by atoms with Crippen LogP contribution in [0.3, 0.4) is 0 Å². The van der Waals surface area contributed by atoms with Gasteiger partial charge in [-0.2, -0.15) is 4.98 Å². The Morgan fingerprint density at radius 1 is 1.24 bits per heavy atom. The molecule has 0 fully saturated rings. The first-order valence-electron chi connectivity index (χ1n) is 6.82. The second-order valence-electron chi connectivity index (χ2n) is 4.98. The number of benzene rings is 1. The largest absolute Gasteiger partial charge is 0.384 e. The third-order valence-electron chi connectivity index (χ3n) is 3.64. The molecule has 3 heterocycles. The minimum atomic E-state index is 0.361. The highest BCUT2D eigenvalue weighted by molar-refractivity contribution is 5.57. The highest BCUT2D eigenvalue weighted by atomic mass is 16.5. The lowest BCUT2D eigenvalue weighted by atomic mass is 9.98. The lowest BCUT2D eigenvalue weighted by Gasteiger charge is -2.05. The van der Waals surface area contributed by atoms with Gasteiger partial charge in [0, 0.05) is 30.8 Å². The van der Waals surface area contributed by atoms with Crippen LogP contribution in [-0.2, 0) is 6.42 Å². The molecule has 3 aromatic rings. The van der Waals surface area contributed by atoms with Gasteiger partial charge >= 0.3 is 0 Å². The van der Waals surface area contributed by atoms with E-state index in [9.17, 15) is 0 Å². The molecule has 0 radical (unpaired) electrons. The van der Waals surface area contributed by atoms with Crippen LogP contribution in [0.4, 0.5) is 5.69 Å². The van der Waals surface area contributed by atoms with Crippen LogP contribution in [0.2, 0.25) is 0 Å². The van der Waals surface area contributed by atoms with E-state index in [2.05, 4.69) is 43.6 Å². The van der Waals surface area contributed by atoms with Crippen molar-refractivity contribution in [3.63, 3.8) is 0 Å². The average Bonchev–Trinajstić information content (AvgIpc) is 3.17. The fraction of sp³-hybridized carbons (Fsp3) is 0.200. The Labute approximate surface area is 121 Å². The molecular weight excluding hydrogens is 266 g/mol. The van der Waals surface area contributed by atoms with E-state index in [4.69, 9.17) is 4.52 Å². The second kappa shape index (κ2) is 4.97. The molecular formula is C15H13N5O. The van der Waals surface area contributed by atoms with Crippen molar-refractivity contribution in [2.75, 3.05) is 11.9 Å². The number of hydrogen-bond acceptors (Lipinski definition) is 6. The summed E-state index contributed by atoms with van der Waals surface area (Å²) in [6.45, 7) is 0.893. The summed E-state index contributed by atoms with van der Waals surface area (Å²) < 4.78 is 5.35. The van der Waals surface area contributed by atoms with Crippen LogP contribution in [-0.4, -0.2) is 26.7 Å². The van der Waals surface area contributed by atoms with Gasteiger partial charge in [0.2, 0.25) is 11.7 Å². The molecule has 0 amide bonds. The van der Waals surface area contributed by atoms with Crippen LogP contribution >= 0.6 is 0 Å². The highest BCUT2D eigenvalue weighted by Crippen LogP contribution is 2.33. The molecule has 6 heteroatoms. The number of aromatic nitrogens is 4. The topological polar surface area (TPSA) is 76.7 Å². The molecule has 104 valence electrons. The zero-order valence-electron chi connectivity index (χ0n) is 11.2. The second-order valence-corrected chi connectivity index (χ2v) is 4.98. The third-order valence-corrected chi connectivity index (χ3v) is 3.64. The van der Waals surface area contributed by atoms with E-state index in [1.807, 2.05) is 6.07 Å². The van der Waals surface area contributed by atoms with E-state index in [1.54, 1.807) is 12.3 Å². The molecule has 4 rings (SSSR count). The number of nitrogens with one attached hydrogen (secondary N) is 1. The van der Waals surface area contributed by atoms with Crippen molar-refractivity contribution in [3.8, 4) is 11.5 Å². The lowest BCUT2D eigenvalue weighted by molar-refractivity contribution is 0.372. The van der Waals surface area contributed by atoms with Crippen LogP contribution in [0, 0.1) is 0 Å². The van der Waals surface area contributed by atoms with E-state index in [1.165, 1.54) is 17.6 Å². The molecule has 6 nitrogen and oxygen atoms in total. The minimum absolute atomic E-state index is 0.361. The van der Waals surface area contributed by atoms with Gasteiger partial charge in [-0.1, -0.05) is 23.4 Å². The van der Waals surface area contributed by atoms with Gasteiger partial charge in [0.05, 0.1) is 0 Å². The maximum Gasteiger partial charge on any atom is 0.227 e. The van der Waals surface area contributed by atoms with E-state index < -0.39 is 0 Å². The summed E-state index contributed by atoms with van der Waals surface area (Å²) in [5, 5.41) is 7.39. The zero-order chi connectivity index (χ0) is 14.1. The Morgan fingerprint density at radius 2 is 2.19 bits per heavy atom. The van der Waals surface area contributed by atoms with Gasteiger partial charge in [-0.25, -0.2) is 9.97 Å². The quantitative estimate of drug-likeness (QED) is 0.792. The van der Waals surface area contributed by atoms with Crippen molar-refractivity contribution >= 4 is 5.69 Å². The Kier molecular flexibility index (Phi) is 2.85. The SMILES string of the molecule is c1ccc2c(c1)NCC2Cc1nc(-c2ccncn2)no1. The summed E-state index contributed by atoms with van der Waals surface area (Å²) in [6, 6.07) is 10.1. The van der Waals surface area contributed by atoms with Gasteiger partial charge in [0.15, 0.2) is 0 Å². The number of fused-ring (bicyclic) bond motifs is 1. The molecule has 0 saturated carbocycles. The maximum atomic E-state index is 5.35. The molecule has 1 aliphatic heterocycles. The molecule has 0 saturated heterocycles. The number of rotatable bonds is 3. The van der Waals surface area contributed by atoms with Crippen LogP contribution < -0.4 is 5.32 Å². The third kappa shape index (κ3) is 2.24. The molecule has 1 N–H and O–H groups in total. The molecule has 2 aromatic heterocycles. The van der Waals surface area contributed by atoms with Crippen molar-refractivity contribution in [3.05, 3.63) is 54.3 Å². The summed E-state index contributed by atoms with van der Waals surface area (Å²) in [5.41, 5.74) is 3.17. The van der Waals surface area contributed by atoms with Crippen LogP contribution in [0.5, 0.6) is 0 Å². The molecule has 1 unspecified atom stereocenters. The fourth-order valence-electron chi connectivity index (χ4n) is 2.61. The maximum absolute atomic E-state index is 5.35. The standard InChI is InChI=1S/C15H13N5O/c1-2-4-12-11(3-1)10(8-17-12)7-14-19-15(20-21-14)13-5-6-16-9-18-13/h1-6,9-10,17H,7-8H2. The number of nitrogens with zero attached hydrogens (tertiary/aromatic N) is 4. The van der Waals surface area contributed by atoms with Gasteiger partial charge < -0.3 is 9.84 Å². The Balaban J connectivity index is 1.56. The molecule has 1 atom stereocenters. The number of anilines is 1. The van der Waals surface area contributed by atoms with Crippen molar-refractivity contribution in [2.45, 2.75) is 12.3 Å². The summed E-state index contributed by atoms with van der Waals surface area (Å²) in [4.78, 5) is 12.4. The van der Waals surface area contributed by atoms with Gasteiger partial charge in [0.25, 0.3) is 0 Å². The Bertz CT molecular complexity index is 756. The van der Waals surface area contributed by atoms with Gasteiger partial charge in [-0.15, -0.1) is 0 Å². The molecule has 1 aromatic carbocycles. The normalized spacial score (nSPS) is 16.5. The fourth-order valence-corrected chi connectivity index (χ4v) is 2.61. The van der Waals surface area contributed by atoms with Crippen LogP contribution in [0.1, 0.15) is 17.4 Å². The minimum Gasteiger partial charge on any atom is -0.384 e. The predicted molar refractivity (Wildman–Crippen MR) is 76.7 cm³/mol. The van der Waals surface area contributed by atoms with Crippen molar-refractivity contribution < 1.29 is 4.52 Å². The number of para-hydroxylation sites is 1. The van der Waals surface area contributed by atoms with Gasteiger partial charge in [-0.05, 0) is 17.7 Å². The molecule has 0 aliphatic carbocycles. The average molecular weight is 279 g/mol.